The van der Waals surface area contributed by atoms with E-state index in [0.29, 0.717) is 30.5 Å². The fourth-order valence-corrected chi connectivity index (χ4v) is 3.30. The zero-order valence-electron chi connectivity index (χ0n) is 17.4. The lowest BCUT2D eigenvalue weighted by atomic mass is 10.1. The molecule has 3 rings (SSSR count). The Hall–Kier alpha value is -3.02. The van der Waals surface area contributed by atoms with Crippen molar-refractivity contribution in [3.63, 3.8) is 0 Å². The molecule has 0 radical (unpaired) electrons. The lowest BCUT2D eigenvalue weighted by molar-refractivity contribution is -0.125. The van der Waals surface area contributed by atoms with Gasteiger partial charge >= 0.3 is 0 Å². The first kappa shape index (κ1) is 20.7. The van der Waals surface area contributed by atoms with E-state index in [-0.39, 0.29) is 18.2 Å². The Kier molecular flexibility index (Phi) is 6.42. The summed E-state index contributed by atoms with van der Waals surface area (Å²) >= 11 is 0. The zero-order valence-corrected chi connectivity index (χ0v) is 17.4. The second-order valence-electron chi connectivity index (χ2n) is 7.59. The molecule has 2 aromatic carbocycles. The summed E-state index contributed by atoms with van der Waals surface area (Å²) in [6.45, 7) is 9.06. The molecule has 0 fully saturated rings. The van der Waals surface area contributed by atoms with Gasteiger partial charge in [0.2, 0.25) is 5.91 Å². The van der Waals surface area contributed by atoms with E-state index in [4.69, 9.17) is 9.47 Å². The lowest BCUT2D eigenvalue weighted by Crippen LogP contribution is -2.46. The van der Waals surface area contributed by atoms with Gasteiger partial charge in [-0.3, -0.25) is 9.59 Å². The van der Waals surface area contributed by atoms with E-state index < -0.39 is 6.10 Å². The molecule has 0 spiro atoms. The summed E-state index contributed by atoms with van der Waals surface area (Å²) in [6.07, 6.45) is -0.283. The van der Waals surface area contributed by atoms with Crippen LogP contribution in [0.5, 0.6) is 11.5 Å². The predicted molar refractivity (Wildman–Crippen MR) is 114 cm³/mol. The van der Waals surface area contributed by atoms with Crippen molar-refractivity contribution in [2.75, 3.05) is 23.4 Å². The first-order chi connectivity index (χ1) is 13.9. The van der Waals surface area contributed by atoms with Crippen molar-refractivity contribution in [2.24, 2.45) is 5.92 Å². The Labute approximate surface area is 171 Å². The van der Waals surface area contributed by atoms with Crippen molar-refractivity contribution in [3.05, 3.63) is 48.0 Å². The van der Waals surface area contributed by atoms with Gasteiger partial charge in [-0.05, 0) is 49.6 Å². The first-order valence-corrected chi connectivity index (χ1v) is 10.0. The number of hydrogen-bond acceptors (Lipinski definition) is 4. The van der Waals surface area contributed by atoms with Crippen molar-refractivity contribution in [2.45, 2.75) is 40.2 Å². The molecule has 2 aromatic rings. The molecule has 2 amide bonds. The summed E-state index contributed by atoms with van der Waals surface area (Å²) in [5.41, 5.74) is 2.29. The third-order valence-electron chi connectivity index (χ3n) is 4.60. The van der Waals surface area contributed by atoms with Crippen LogP contribution in [-0.2, 0) is 16.0 Å². The van der Waals surface area contributed by atoms with Crippen LogP contribution in [0.2, 0.25) is 0 Å². The minimum absolute atomic E-state index is 0.0431. The highest BCUT2D eigenvalue weighted by Gasteiger charge is 2.31. The molecular weight excluding hydrogens is 368 g/mol. The molecule has 1 aliphatic heterocycles. The van der Waals surface area contributed by atoms with E-state index in [0.717, 1.165) is 17.0 Å². The second-order valence-corrected chi connectivity index (χ2v) is 7.59. The number of rotatable bonds is 7. The molecular formula is C23H28N2O4. The summed E-state index contributed by atoms with van der Waals surface area (Å²) in [5, 5.41) is 2.91. The fraction of sp³-hybridized carbons (Fsp3) is 0.391. The number of fused-ring (bicyclic) bond motifs is 1. The van der Waals surface area contributed by atoms with Gasteiger partial charge in [-0.1, -0.05) is 26.0 Å². The normalized spacial score (nSPS) is 15.7. The Morgan fingerprint density at radius 2 is 1.93 bits per heavy atom. The van der Waals surface area contributed by atoms with Gasteiger partial charge in [0.15, 0.2) is 6.10 Å². The van der Waals surface area contributed by atoms with Crippen LogP contribution in [0.4, 0.5) is 11.4 Å². The van der Waals surface area contributed by atoms with Crippen LogP contribution in [0, 0.1) is 5.92 Å². The van der Waals surface area contributed by atoms with Gasteiger partial charge in [-0.2, -0.15) is 0 Å². The smallest absolute Gasteiger partial charge is 0.267 e. The standard InChI is InChI=1S/C23H28N2O4/c1-5-28-19-9-6-17(7-10-19)12-22(26)24-18-8-11-20-21(13-18)29-16(4)23(27)25(20)14-15(2)3/h6-11,13,15-16H,5,12,14H2,1-4H3,(H,24,26). The molecule has 0 bridgehead atoms. The molecule has 0 aliphatic carbocycles. The molecule has 1 heterocycles. The largest absolute Gasteiger partial charge is 0.494 e. The van der Waals surface area contributed by atoms with Crippen LogP contribution in [0.25, 0.3) is 0 Å². The van der Waals surface area contributed by atoms with E-state index in [2.05, 4.69) is 19.2 Å². The van der Waals surface area contributed by atoms with Crippen molar-refractivity contribution in [1.82, 2.24) is 0 Å². The quantitative estimate of drug-likeness (QED) is 0.767. The zero-order chi connectivity index (χ0) is 21.0. The number of ether oxygens (including phenoxy) is 2. The summed E-state index contributed by atoms with van der Waals surface area (Å²) in [5.74, 6) is 1.58. The minimum Gasteiger partial charge on any atom is -0.494 e. The van der Waals surface area contributed by atoms with Gasteiger partial charge in [0.05, 0.1) is 18.7 Å². The monoisotopic (exact) mass is 396 g/mol. The van der Waals surface area contributed by atoms with Gasteiger partial charge in [0.1, 0.15) is 11.5 Å². The highest BCUT2D eigenvalue weighted by atomic mass is 16.5. The number of nitrogens with zero attached hydrogens (tertiary/aromatic N) is 1. The summed E-state index contributed by atoms with van der Waals surface area (Å²) in [4.78, 5) is 26.7. The van der Waals surface area contributed by atoms with Crippen LogP contribution in [0.1, 0.15) is 33.3 Å². The van der Waals surface area contributed by atoms with Crippen molar-refractivity contribution in [1.29, 1.82) is 0 Å². The number of amides is 2. The highest BCUT2D eigenvalue weighted by Crippen LogP contribution is 2.36. The number of benzene rings is 2. The van der Waals surface area contributed by atoms with Gasteiger partial charge in [0.25, 0.3) is 5.91 Å². The maximum Gasteiger partial charge on any atom is 0.267 e. The first-order valence-electron chi connectivity index (χ1n) is 10.0. The maximum absolute atomic E-state index is 12.5. The second kappa shape index (κ2) is 8.99. The molecule has 6 nitrogen and oxygen atoms in total. The molecule has 1 unspecified atom stereocenters. The van der Waals surface area contributed by atoms with E-state index >= 15 is 0 Å². The Morgan fingerprint density at radius 3 is 2.59 bits per heavy atom. The number of hydrogen-bond donors (Lipinski definition) is 1. The maximum atomic E-state index is 12.5. The number of carbonyl (C=O) groups is 2. The fourth-order valence-electron chi connectivity index (χ4n) is 3.30. The van der Waals surface area contributed by atoms with E-state index in [9.17, 15) is 9.59 Å². The molecule has 1 aliphatic rings. The van der Waals surface area contributed by atoms with Crippen molar-refractivity contribution >= 4 is 23.2 Å². The average Bonchev–Trinajstić information content (AvgIpc) is 2.67. The molecule has 29 heavy (non-hydrogen) atoms. The third-order valence-corrected chi connectivity index (χ3v) is 4.60. The molecule has 1 atom stereocenters. The highest BCUT2D eigenvalue weighted by molar-refractivity contribution is 6.00. The SMILES string of the molecule is CCOc1ccc(CC(=O)Nc2ccc3c(c2)OC(C)C(=O)N3CC(C)C)cc1. The van der Waals surface area contributed by atoms with Crippen LogP contribution in [0.3, 0.4) is 0 Å². The molecule has 6 heteroatoms. The minimum atomic E-state index is -0.545. The van der Waals surface area contributed by atoms with Gasteiger partial charge in [-0.25, -0.2) is 0 Å². The van der Waals surface area contributed by atoms with E-state index in [1.54, 1.807) is 24.0 Å². The Bertz CT molecular complexity index is 877. The molecule has 0 saturated heterocycles. The summed E-state index contributed by atoms with van der Waals surface area (Å²) < 4.78 is 11.2. The molecule has 154 valence electrons. The Balaban J connectivity index is 1.70. The lowest BCUT2D eigenvalue weighted by Gasteiger charge is -2.34. The van der Waals surface area contributed by atoms with Crippen LogP contribution in [-0.4, -0.2) is 31.1 Å². The molecule has 0 saturated carbocycles. The topological polar surface area (TPSA) is 67.9 Å². The summed E-state index contributed by atoms with van der Waals surface area (Å²) in [6, 6.07) is 12.9. The van der Waals surface area contributed by atoms with Crippen molar-refractivity contribution in [3.8, 4) is 11.5 Å². The van der Waals surface area contributed by atoms with Gasteiger partial charge in [0, 0.05) is 18.3 Å². The molecule has 1 N–H and O–H groups in total. The van der Waals surface area contributed by atoms with E-state index in [1.165, 1.54) is 0 Å². The summed E-state index contributed by atoms with van der Waals surface area (Å²) in [7, 11) is 0. The predicted octanol–water partition coefficient (Wildman–Crippen LogP) is 4.04. The molecule has 0 aromatic heterocycles. The van der Waals surface area contributed by atoms with Crippen molar-refractivity contribution < 1.29 is 19.1 Å². The van der Waals surface area contributed by atoms with Crippen LogP contribution < -0.4 is 19.7 Å². The third kappa shape index (κ3) is 5.08. The van der Waals surface area contributed by atoms with Crippen LogP contribution in [0.15, 0.2) is 42.5 Å². The number of carbonyl (C=O) groups excluding carboxylic acids is 2. The van der Waals surface area contributed by atoms with Gasteiger partial charge in [-0.15, -0.1) is 0 Å². The van der Waals surface area contributed by atoms with Gasteiger partial charge < -0.3 is 19.7 Å². The average molecular weight is 396 g/mol. The van der Waals surface area contributed by atoms with Crippen LogP contribution >= 0.6 is 0 Å². The van der Waals surface area contributed by atoms with E-state index in [1.807, 2.05) is 37.3 Å². The number of nitrogens with one attached hydrogen (secondary N) is 1. The number of anilines is 2. The Morgan fingerprint density at radius 1 is 1.21 bits per heavy atom.